The first kappa shape index (κ1) is 13.1. The monoisotopic (exact) mass is 305 g/mol. The molecule has 0 fully saturated rings. The van der Waals surface area contributed by atoms with Crippen molar-refractivity contribution in [2.75, 3.05) is 16.4 Å². The van der Waals surface area contributed by atoms with E-state index in [1.54, 1.807) is 11.6 Å². The summed E-state index contributed by atoms with van der Waals surface area (Å²) in [5.74, 6) is 0.318. The second-order valence-electron chi connectivity index (χ2n) is 4.23. The van der Waals surface area contributed by atoms with Gasteiger partial charge in [0, 0.05) is 16.5 Å². The highest BCUT2D eigenvalue weighted by Crippen LogP contribution is 2.32. The Kier molecular flexibility index (Phi) is 3.70. The number of amides is 2. The zero-order chi connectivity index (χ0) is 13.9. The summed E-state index contributed by atoms with van der Waals surface area (Å²) in [6, 6.07) is 5.69. The number of carbonyl (C=O) groups is 2. The van der Waals surface area contributed by atoms with Gasteiger partial charge in [-0.05, 0) is 17.7 Å². The molecular formula is C13H11N3O2S2. The van der Waals surface area contributed by atoms with Gasteiger partial charge < -0.3 is 10.6 Å². The lowest BCUT2D eigenvalue weighted by Gasteiger charge is -2.16. The standard InChI is InChI=1S/C13H11N3O2S2/c17-11(16-13-14-3-4-19-13)6-8-1-2-10-9(5-8)15-12(18)7-20-10/h1-5H,6-7H2,(H,15,18)(H,14,16,17). The maximum Gasteiger partial charge on any atom is 0.234 e. The maximum absolute atomic E-state index is 11.9. The molecule has 2 amide bonds. The van der Waals surface area contributed by atoms with Gasteiger partial charge in [-0.15, -0.1) is 23.1 Å². The van der Waals surface area contributed by atoms with Crippen molar-refractivity contribution in [3.8, 4) is 0 Å². The van der Waals surface area contributed by atoms with Crippen molar-refractivity contribution < 1.29 is 9.59 Å². The first-order valence-electron chi connectivity index (χ1n) is 5.95. The first-order valence-corrected chi connectivity index (χ1v) is 7.82. The Bertz CT molecular complexity index is 656. The summed E-state index contributed by atoms with van der Waals surface area (Å²) in [5.41, 5.74) is 1.64. The second-order valence-corrected chi connectivity index (χ2v) is 6.14. The molecule has 0 unspecified atom stereocenters. The summed E-state index contributed by atoms with van der Waals surface area (Å²) < 4.78 is 0. The van der Waals surface area contributed by atoms with E-state index >= 15 is 0 Å². The van der Waals surface area contributed by atoms with E-state index in [0.29, 0.717) is 10.9 Å². The fourth-order valence-electron chi connectivity index (χ4n) is 1.87. The molecule has 0 saturated carbocycles. The molecule has 102 valence electrons. The van der Waals surface area contributed by atoms with Crippen LogP contribution in [0.5, 0.6) is 0 Å². The fraction of sp³-hybridized carbons (Fsp3) is 0.154. The van der Waals surface area contributed by atoms with Crippen LogP contribution in [-0.4, -0.2) is 22.6 Å². The van der Waals surface area contributed by atoms with E-state index in [2.05, 4.69) is 15.6 Å². The maximum atomic E-state index is 11.9. The number of fused-ring (bicyclic) bond motifs is 1. The molecular weight excluding hydrogens is 294 g/mol. The van der Waals surface area contributed by atoms with E-state index in [1.807, 2.05) is 18.2 Å². The van der Waals surface area contributed by atoms with Crippen molar-refractivity contribution in [3.05, 3.63) is 35.3 Å². The van der Waals surface area contributed by atoms with Gasteiger partial charge in [0.15, 0.2) is 5.13 Å². The summed E-state index contributed by atoms with van der Waals surface area (Å²) in [6.07, 6.45) is 1.90. The average Bonchev–Trinajstić information content (AvgIpc) is 2.91. The number of hydrogen-bond acceptors (Lipinski definition) is 5. The van der Waals surface area contributed by atoms with E-state index in [1.165, 1.54) is 23.1 Å². The van der Waals surface area contributed by atoms with Crippen LogP contribution in [0.2, 0.25) is 0 Å². The lowest BCUT2D eigenvalue weighted by molar-refractivity contribution is -0.115. The Balaban J connectivity index is 1.70. The molecule has 1 aliphatic heterocycles. The molecule has 2 N–H and O–H groups in total. The number of aromatic nitrogens is 1. The molecule has 0 atom stereocenters. The minimum Gasteiger partial charge on any atom is -0.324 e. The molecule has 2 aromatic rings. The van der Waals surface area contributed by atoms with E-state index < -0.39 is 0 Å². The van der Waals surface area contributed by atoms with Crippen molar-refractivity contribution in [1.82, 2.24) is 4.98 Å². The lowest BCUT2D eigenvalue weighted by atomic mass is 10.1. The van der Waals surface area contributed by atoms with Crippen LogP contribution >= 0.6 is 23.1 Å². The minimum atomic E-state index is -0.116. The number of nitrogens with one attached hydrogen (secondary N) is 2. The topological polar surface area (TPSA) is 71.1 Å². The fourth-order valence-corrected chi connectivity index (χ4v) is 3.21. The molecule has 2 heterocycles. The highest BCUT2D eigenvalue weighted by atomic mass is 32.2. The molecule has 0 saturated heterocycles. The van der Waals surface area contributed by atoms with Crippen molar-refractivity contribution >= 4 is 45.7 Å². The second kappa shape index (κ2) is 5.64. The number of nitrogens with zero attached hydrogens (tertiary/aromatic N) is 1. The van der Waals surface area contributed by atoms with Crippen LogP contribution in [0.15, 0.2) is 34.7 Å². The number of carbonyl (C=O) groups excluding carboxylic acids is 2. The number of rotatable bonds is 3. The van der Waals surface area contributed by atoms with Crippen molar-refractivity contribution in [3.63, 3.8) is 0 Å². The third kappa shape index (κ3) is 3.00. The van der Waals surface area contributed by atoms with Crippen LogP contribution in [0.4, 0.5) is 10.8 Å². The van der Waals surface area contributed by atoms with Crippen LogP contribution < -0.4 is 10.6 Å². The van der Waals surface area contributed by atoms with Gasteiger partial charge >= 0.3 is 0 Å². The Morgan fingerprint density at radius 3 is 3.15 bits per heavy atom. The van der Waals surface area contributed by atoms with Gasteiger partial charge in [0.05, 0.1) is 17.9 Å². The number of thioether (sulfide) groups is 1. The third-order valence-corrected chi connectivity index (χ3v) is 4.48. The van der Waals surface area contributed by atoms with Gasteiger partial charge in [-0.3, -0.25) is 9.59 Å². The molecule has 3 rings (SSSR count). The van der Waals surface area contributed by atoms with Crippen LogP contribution in [-0.2, 0) is 16.0 Å². The predicted molar refractivity (Wildman–Crippen MR) is 80.2 cm³/mol. The van der Waals surface area contributed by atoms with Crippen molar-refractivity contribution in [1.29, 1.82) is 0 Å². The Labute approximate surface area is 123 Å². The number of hydrogen-bond donors (Lipinski definition) is 2. The van der Waals surface area contributed by atoms with Crippen molar-refractivity contribution in [2.45, 2.75) is 11.3 Å². The first-order chi connectivity index (χ1) is 9.70. The smallest absolute Gasteiger partial charge is 0.234 e. The Morgan fingerprint density at radius 2 is 2.35 bits per heavy atom. The molecule has 5 nitrogen and oxygen atoms in total. The van der Waals surface area contributed by atoms with Gasteiger partial charge in [0.2, 0.25) is 11.8 Å². The van der Waals surface area contributed by atoms with E-state index in [4.69, 9.17) is 0 Å². The van der Waals surface area contributed by atoms with Crippen LogP contribution in [0.3, 0.4) is 0 Å². The summed E-state index contributed by atoms with van der Waals surface area (Å²) >= 11 is 2.89. The molecule has 20 heavy (non-hydrogen) atoms. The Morgan fingerprint density at radius 1 is 1.45 bits per heavy atom. The number of anilines is 2. The zero-order valence-electron chi connectivity index (χ0n) is 10.4. The van der Waals surface area contributed by atoms with E-state index in [9.17, 15) is 9.59 Å². The summed E-state index contributed by atoms with van der Waals surface area (Å²) in [4.78, 5) is 28.3. The highest BCUT2D eigenvalue weighted by Gasteiger charge is 2.16. The van der Waals surface area contributed by atoms with Crippen molar-refractivity contribution in [2.24, 2.45) is 0 Å². The number of thiazole rings is 1. The molecule has 0 bridgehead atoms. The quantitative estimate of drug-likeness (QED) is 0.913. The summed E-state index contributed by atoms with van der Waals surface area (Å²) in [5, 5.41) is 7.95. The largest absolute Gasteiger partial charge is 0.324 e. The van der Waals surface area contributed by atoms with E-state index in [-0.39, 0.29) is 18.2 Å². The SMILES string of the molecule is O=C(Cc1ccc2c(c1)NC(=O)CS2)Nc1nccs1. The molecule has 7 heteroatoms. The molecule has 0 aliphatic carbocycles. The molecule has 0 spiro atoms. The lowest BCUT2D eigenvalue weighted by Crippen LogP contribution is -2.19. The van der Waals surface area contributed by atoms with E-state index in [0.717, 1.165) is 16.1 Å². The highest BCUT2D eigenvalue weighted by molar-refractivity contribution is 8.00. The number of benzene rings is 1. The van der Waals surface area contributed by atoms with Gasteiger partial charge in [0.25, 0.3) is 0 Å². The van der Waals surface area contributed by atoms with Crippen LogP contribution in [0, 0.1) is 0 Å². The average molecular weight is 305 g/mol. The predicted octanol–water partition coefficient (Wildman–Crippen LogP) is 2.37. The summed E-state index contributed by atoms with van der Waals surface area (Å²) in [7, 11) is 0. The minimum absolute atomic E-state index is 0.00751. The molecule has 1 aliphatic rings. The summed E-state index contributed by atoms with van der Waals surface area (Å²) in [6.45, 7) is 0. The van der Waals surface area contributed by atoms with Crippen LogP contribution in [0.25, 0.3) is 0 Å². The van der Waals surface area contributed by atoms with Gasteiger partial charge in [-0.1, -0.05) is 6.07 Å². The normalized spacial score (nSPS) is 13.5. The zero-order valence-corrected chi connectivity index (χ0v) is 12.0. The Hall–Kier alpha value is -1.86. The third-order valence-electron chi connectivity index (χ3n) is 2.72. The molecule has 0 radical (unpaired) electrons. The molecule has 1 aromatic heterocycles. The van der Waals surface area contributed by atoms with Gasteiger partial charge in [0.1, 0.15) is 0 Å². The van der Waals surface area contributed by atoms with Gasteiger partial charge in [-0.25, -0.2) is 4.98 Å². The molecule has 1 aromatic carbocycles. The van der Waals surface area contributed by atoms with Gasteiger partial charge in [-0.2, -0.15) is 0 Å². The van der Waals surface area contributed by atoms with Crippen LogP contribution in [0.1, 0.15) is 5.56 Å².